The van der Waals surface area contributed by atoms with Gasteiger partial charge in [0.25, 0.3) is 5.91 Å². The highest BCUT2D eigenvalue weighted by molar-refractivity contribution is 5.96. The quantitative estimate of drug-likeness (QED) is 0.688. The van der Waals surface area contributed by atoms with Crippen molar-refractivity contribution in [3.05, 3.63) is 29.6 Å². The zero-order valence-corrected chi connectivity index (χ0v) is 13.9. The van der Waals surface area contributed by atoms with E-state index < -0.39 is 23.2 Å². The lowest BCUT2D eigenvalue weighted by Crippen LogP contribution is -2.42. The van der Waals surface area contributed by atoms with Gasteiger partial charge in [-0.05, 0) is 31.0 Å². The van der Waals surface area contributed by atoms with E-state index in [1.165, 1.54) is 19.1 Å². The standard InChI is InChI=1S/C17H25FN2O3/c1-4-8-17(23,9-5-2)11-19-16(22)13-6-7-14(18)15(10-13)20-12(3)21/h6-7,10,23H,4-5,8-9,11H2,1-3H3,(H,19,22)(H,20,21). The van der Waals surface area contributed by atoms with Crippen molar-refractivity contribution in [3.63, 3.8) is 0 Å². The highest BCUT2D eigenvalue weighted by Crippen LogP contribution is 2.19. The molecule has 0 aliphatic heterocycles. The van der Waals surface area contributed by atoms with Crippen molar-refractivity contribution in [1.29, 1.82) is 0 Å². The second-order valence-corrected chi connectivity index (χ2v) is 5.78. The molecule has 0 aromatic heterocycles. The van der Waals surface area contributed by atoms with Gasteiger partial charge in [-0.25, -0.2) is 4.39 Å². The normalized spacial score (nSPS) is 11.2. The molecule has 0 saturated heterocycles. The first kappa shape index (κ1) is 19.1. The first-order chi connectivity index (χ1) is 10.8. The minimum Gasteiger partial charge on any atom is -0.388 e. The summed E-state index contributed by atoms with van der Waals surface area (Å²) < 4.78 is 13.6. The molecule has 0 radical (unpaired) electrons. The van der Waals surface area contributed by atoms with Crippen LogP contribution in [0.3, 0.4) is 0 Å². The van der Waals surface area contributed by atoms with Crippen molar-refractivity contribution in [3.8, 4) is 0 Å². The average molecular weight is 324 g/mol. The zero-order valence-electron chi connectivity index (χ0n) is 13.9. The first-order valence-corrected chi connectivity index (χ1v) is 7.89. The maximum Gasteiger partial charge on any atom is 0.251 e. The molecule has 0 aliphatic carbocycles. The Morgan fingerprint density at radius 3 is 2.35 bits per heavy atom. The molecule has 3 N–H and O–H groups in total. The van der Waals surface area contributed by atoms with Crippen molar-refractivity contribution < 1.29 is 19.1 Å². The van der Waals surface area contributed by atoms with E-state index in [0.717, 1.165) is 18.9 Å². The summed E-state index contributed by atoms with van der Waals surface area (Å²) in [5.41, 5.74) is -0.743. The van der Waals surface area contributed by atoms with Gasteiger partial charge >= 0.3 is 0 Å². The van der Waals surface area contributed by atoms with E-state index in [1.54, 1.807) is 0 Å². The molecule has 128 valence electrons. The van der Waals surface area contributed by atoms with Gasteiger partial charge < -0.3 is 15.7 Å². The molecule has 0 heterocycles. The van der Waals surface area contributed by atoms with Gasteiger partial charge in [-0.3, -0.25) is 9.59 Å². The Bertz CT molecular complexity index is 555. The molecule has 0 fully saturated rings. The van der Waals surface area contributed by atoms with E-state index >= 15 is 0 Å². The summed E-state index contributed by atoms with van der Waals surface area (Å²) in [5, 5.41) is 15.5. The van der Waals surface area contributed by atoms with E-state index in [9.17, 15) is 19.1 Å². The monoisotopic (exact) mass is 324 g/mol. The van der Waals surface area contributed by atoms with Crippen LogP contribution in [0, 0.1) is 5.82 Å². The van der Waals surface area contributed by atoms with Crippen molar-refractivity contribution in [2.45, 2.75) is 52.1 Å². The predicted octanol–water partition coefficient (Wildman–Crippen LogP) is 2.85. The minimum atomic E-state index is -0.931. The molecule has 5 nitrogen and oxygen atoms in total. The van der Waals surface area contributed by atoms with Gasteiger partial charge in [0.1, 0.15) is 5.82 Å². The van der Waals surface area contributed by atoms with Crippen LogP contribution in [-0.2, 0) is 4.79 Å². The lowest BCUT2D eigenvalue weighted by molar-refractivity contribution is -0.114. The van der Waals surface area contributed by atoms with Crippen LogP contribution in [0.2, 0.25) is 0 Å². The largest absolute Gasteiger partial charge is 0.388 e. The fourth-order valence-corrected chi connectivity index (χ4v) is 2.53. The molecule has 2 amide bonds. The van der Waals surface area contributed by atoms with Crippen molar-refractivity contribution >= 4 is 17.5 Å². The molecule has 0 aliphatic rings. The highest BCUT2D eigenvalue weighted by atomic mass is 19.1. The molecular formula is C17H25FN2O3. The van der Waals surface area contributed by atoms with Crippen LogP contribution in [0.15, 0.2) is 18.2 Å². The summed E-state index contributed by atoms with van der Waals surface area (Å²) in [5.74, 6) is -1.44. The van der Waals surface area contributed by atoms with Gasteiger partial charge in [0.2, 0.25) is 5.91 Å². The SMILES string of the molecule is CCCC(O)(CCC)CNC(=O)c1ccc(F)c(NC(C)=O)c1. The Kier molecular flexibility index (Phi) is 7.16. The number of carbonyl (C=O) groups is 2. The zero-order chi connectivity index (χ0) is 17.5. The number of hydrogen-bond acceptors (Lipinski definition) is 3. The second kappa shape index (κ2) is 8.62. The van der Waals surface area contributed by atoms with E-state index in [2.05, 4.69) is 10.6 Å². The Labute approximate surface area is 136 Å². The number of anilines is 1. The number of benzene rings is 1. The highest BCUT2D eigenvalue weighted by Gasteiger charge is 2.25. The van der Waals surface area contributed by atoms with Crippen LogP contribution < -0.4 is 10.6 Å². The van der Waals surface area contributed by atoms with Crippen molar-refractivity contribution in [2.75, 3.05) is 11.9 Å². The van der Waals surface area contributed by atoms with E-state index in [1.807, 2.05) is 13.8 Å². The average Bonchev–Trinajstić information content (AvgIpc) is 2.47. The van der Waals surface area contributed by atoms with Crippen molar-refractivity contribution in [1.82, 2.24) is 5.32 Å². The fraction of sp³-hybridized carbons (Fsp3) is 0.529. The lowest BCUT2D eigenvalue weighted by Gasteiger charge is -2.27. The first-order valence-electron chi connectivity index (χ1n) is 7.89. The van der Waals surface area contributed by atoms with E-state index in [4.69, 9.17) is 0 Å². The van der Waals surface area contributed by atoms with Gasteiger partial charge in [0.05, 0.1) is 11.3 Å². The maximum absolute atomic E-state index is 13.6. The molecule has 1 aromatic carbocycles. The molecule has 1 rings (SSSR count). The van der Waals surface area contributed by atoms with Gasteiger partial charge in [-0.2, -0.15) is 0 Å². The van der Waals surface area contributed by atoms with Gasteiger partial charge in [0.15, 0.2) is 0 Å². The minimum absolute atomic E-state index is 0.0393. The summed E-state index contributed by atoms with van der Waals surface area (Å²) in [7, 11) is 0. The smallest absolute Gasteiger partial charge is 0.251 e. The Balaban J connectivity index is 2.79. The van der Waals surface area contributed by atoms with Crippen LogP contribution in [0.25, 0.3) is 0 Å². The summed E-state index contributed by atoms with van der Waals surface area (Å²) in [6.07, 6.45) is 2.83. The third-order valence-corrected chi connectivity index (χ3v) is 3.55. The Hall–Kier alpha value is -1.95. The molecule has 0 unspecified atom stereocenters. The Morgan fingerprint density at radius 1 is 1.22 bits per heavy atom. The van der Waals surface area contributed by atoms with Gasteiger partial charge in [-0.1, -0.05) is 26.7 Å². The van der Waals surface area contributed by atoms with E-state index in [0.29, 0.717) is 12.8 Å². The molecule has 0 spiro atoms. The van der Waals surface area contributed by atoms with Crippen LogP contribution in [-0.4, -0.2) is 29.1 Å². The fourth-order valence-electron chi connectivity index (χ4n) is 2.53. The lowest BCUT2D eigenvalue weighted by atomic mass is 9.92. The molecule has 6 heteroatoms. The van der Waals surface area contributed by atoms with Gasteiger partial charge in [-0.15, -0.1) is 0 Å². The van der Waals surface area contributed by atoms with Crippen LogP contribution in [0.1, 0.15) is 56.8 Å². The number of hydrogen-bond donors (Lipinski definition) is 3. The number of halogens is 1. The topological polar surface area (TPSA) is 78.4 Å². The summed E-state index contributed by atoms with van der Waals surface area (Å²) in [6, 6.07) is 3.75. The van der Waals surface area contributed by atoms with Crippen molar-refractivity contribution in [2.24, 2.45) is 0 Å². The number of nitrogens with one attached hydrogen (secondary N) is 2. The second-order valence-electron chi connectivity index (χ2n) is 5.78. The van der Waals surface area contributed by atoms with Gasteiger partial charge in [0, 0.05) is 19.0 Å². The number of aliphatic hydroxyl groups is 1. The van der Waals surface area contributed by atoms with E-state index in [-0.39, 0.29) is 17.8 Å². The molecule has 0 saturated carbocycles. The number of carbonyl (C=O) groups excluding carboxylic acids is 2. The molecule has 1 aromatic rings. The summed E-state index contributed by atoms with van der Waals surface area (Å²) >= 11 is 0. The van der Waals surface area contributed by atoms with Crippen LogP contribution in [0.5, 0.6) is 0 Å². The Morgan fingerprint density at radius 2 is 1.83 bits per heavy atom. The maximum atomic E-state index is 13.6. The molecule has 23 heavy (non-hydrogen) atoms. The summed E-state index contributed by atoms with van der Waals surface area (Å²) in [4.78, 5) is 23.2. The third kappa shape index (κ3) is 5.98. The third-order valence-electron chi connectivity index (χ3n) is 3.55. The summed E-state index contributed by atoms with van der Waals surface area (Å²) in [6.45, 7) is 5.35. The van der Waals surface area contributed by atoms with Crippen LogP contribution >= 0.6 is 0 Å². The molecule has 0 bridgehead atoms. The molecule has 0 atom stereocenters. The number of amides is 2. The predicted molar refractivity (Wildman–Crippen MR) is 87.8 cm³/mol. The molecular weight excluding hydrogens is 299 g/mol. The number of rotatable bonds is 8. The van der Waals surface area contributed by atoms with Crippen LogP contribution in [0.4, 0.5) is 10.1 Å².